The summed E-state index contributed by atoms with van der Waals surface area (Å²) in [5, 5.41) is 9.24. The molecule has 26 heavy (non-hydrogen) atoms. The largest absolute Gasteiger partial charge is 0.384 e. The lowest BCUT2D eigenvalue weighted by Crippen LogP contribution is -2.12. The quantitative estimate of drug-likeness (QED) is 0.461. The van der Waals surface area contributed by atoms with E-state index >= 15 is 0 Å². The SMILES string of the molecule is CS(=O)(=O)Nc1cc(CCc2ccccc2)cc2ccc(C(=N)N)cc12. The average molecular weight is 367 g/mol. The van der Waals surface area contributed by atoms with Gasteiger partial charge in [0.15, 0.2) is 0 Å². The topological polar surface area (TPSA) is 96.0 Å². The fraction of sp³-hybridized carbons (Fsp3) is 0.150. The molecule has 3 rings (SSSR count). The second-order valence-corrected chi connectivity index (χ2v) is 8.10. The molecule has 0 atom stereocenters. The molecule has 0 aliphatic carbocycles. The van der Waals surface area contributed by atoms with E-state index in [1.807, 2.05) is 30.3 Å². The maximum absolute atomic E-state index is 11.8. The lowest BCUT2D eigenvalue weighted by atomic mass is 9.98. The van der Waals surface area contributed by atoms with Crippen LogP contribution in [0.2, 0.25) is 0 Å². The van der Waals surface area contributed by atoms with Gasteiger partial charge in [0.2, 0.25) is 10.0 Å². The predicted octanol–water partition coefficient (Wildman–Crippen LogP) is 3.28. The molecule has 5 nitrogen and oxygen atoms in total. The number of fused-ring (bicyclic) bond motifs is 1. The van der Waals surface area contributed by atoms with Crippen LogP contribution in [-0.4, -0.2) is 20.5 Å². The van der Waals surface area contributed by atoms with Crippen molar-refractivity contribution in [2.45, 2.75) is 12.8 Å². The number of rotatable bonds is 6. The summed E-state index contributed by atoms with van der Waals surface area (Å²) < 4.78 is 26.1. The molecule has 6 heteroatoms. The van der Waals surface area contributed by atoms with Crippen LogP contribution >= 0.6 is 0 Å². The Kier molecular flexibility index (Phi) is 4.95. The van der Waals surface area contributed by atoms with Crippen molar-refractivity contribution in [3.63, 3.8) is 0 Å². The first-order valence-electron chi connectivity index (χ1n) is 8.24. The van der Waals surface area contributed by atoms with Gasteiger partial charge in [0.25, 0.3) is 0 Å². The number of nitrogen functional groups attached to an aromatic ring is 1. The van der Waals surface area contributed by atoms with Crippen molar-refractivity contribution < 1.29 is 8.42 Å². The number of nitrogens with one attached hydrogen (secondary N) is 2. The molecule has 0 aliphatic heterocycles. The first-order chi connectivity index (χ1) is 12.3. The lowest BCUT2D eigenvalue weighted by Gasteiger charge is -2.13. The molecule has 0 saturated carbocycles. The van der Waals surface area contributed by atoms with Crippen molar-refractivity contribution in [3.05, 3.63) is 77.4 Å². The van der Waals surface area contributed by atoms with Crippen LogP contribution in [0.1, 0.15) is 16.7 Å². The highest BCUT2D eigenvalue weighted by molar-refractivity contribution is 7.92. The van der Waals surface area contributed by atoms with Crippen molar-refractivity contribution in [3.8, 4) is 0 Å². The maximum atomic E-state index is 11.8. The maximum Gasteiger partial charge on any atom is 0.229 e. The van der Waals surface area contributed by atoms with Crippen LogP contribution in [0, 0.1) is 5.41 Å². The molecular weight excluding hydrogens is 346 g/mol. The number of anilines is 1. The third-order valence-electron chi connectivity index (χ3n) is 4.17. The summed E-state index contributed by atoms with van der Waals surface area (Å²) in [6, 6.07) is 19.5. The van der Waals surface area contributed by atoms with E-state index in [-0.39, 0.29) is 5.84 Å². The van der Waals surface area contributed by atoms with Crippen molar-refractivity contribution in [1.82, 2.24) is 0 Å². The number of hydrogen-bond acceptors (Lipinski definition) is 3. The Morgan fingerprint density at radius 2 is 1.69 bits per heavy atom. The van der Waals surface area contributed by atoms with Crippen LogP contribution in [0.5, 0.6) is 0 Å². The summed E-state index contributed by atoms with van der Waals surface area (Å²) in [5.74, 6) is -0.0506. The summed E-state index contributed by atoms with van der Waals surface area (Å²) in [5.41, 5.74) is 8.92. The summed E-state index contributed by atoms with van der Waals surface area (Å²) >= 11 is 0. The standard InChI is InChI=1S/C20H21N3O2S/c1-26(24,25)23-19-12-15(8-7-14-5-3-2-4-6-14)11-16-9-10-17(20(21)22)13-18(16)19/h2-6,9-13,23H,7-8H2,1H3,(H3,21,22). The minimum Gasteiger partial charge on any atom is -0.384 e. The van der Waals surface area contributed by atoms with Gasteiger partial charge in [-0.2, -0.15) is 0 Å². The zero-order chi connectivity index (χ0) is 18.7. The Morgan fingerprint density at radius 3 is 2.35 bits per heavy atom. The lowest BCUT2D eigenvalue weighted by molar-refractivity contribution is 0.607. The number of sulfonamides is 1. The molecule has 3 aromatic rings. The fourth-order valence-electron chi connectivity index (χ4n) is 2.95. The van der Waals surface area contributed by atoms with Crippen LogP contribution in [-0.2, 0) is 22.9 Å². The first kappa shape index (κ1) is 17.9. The molecule has 0 amide bonds. The van der Waals surface area contributed by atoms with Gasteiger partial charge in [-0.25, -0.2) is 8.42 Å². The van der Waals surface area contributed by atoms with Crippen LogP contribution in [0.4, 0.5) is 5.69 Å². The molecule has 0 saturated heterocycles. The molecule has 3 aromatic carbocycles. The summed E-state index contributed by atoms with van der Waals surface area (Å²) in [4.78, 5) is 0. The molecule has 0 aliphatic rings. The Labute approximate surface area is 153 Å². The van der Waals surface area contributed by atoms with E-state index in [0.717, 1.165) is 35.4 Å². The predicted molar refractivity (Wildman–Crippen MR) is 107 cm³/mol. The van der Waals surface area contributed by atoms with Gasteiger partial charge in [0.05, 0.1) is 11.9 Å². The zero-order valence-electron chi connectivity index (χ0n) is 14.5. The molecule has 134 valence electrons. The van der Waals surface area contributed by atoms with Crippen molar-refractivity contribution in [2.75, 3.05) is 11.0 Å². The molecule has 0 radical (unpaired) electrons. The third-order valence-corrected chi connectivity index (χ3v) is 4.76. The minimum atomic E-state index is -3.42. The molecule has 0 aromatic heterocycles. The number of aryl methyl sites for hydroxylation is 2. The number of benzene rings is 3. The Hall–Kier alpha value is -2.86. The van der Waals surface area contributed by atoms with Crippen molar-refractivity contribution in [1.29, 1.82) is 5.41 Å². The Balaban J connectivity index is 2.02. The molecule has 0 unspecified atom stereocenters. The highest BCUT2D eigenvalue weighted by atomic mass is 32.2. The second kappa shape index (κ2) is 7.17. The van der Waals surface area contributed by atoms with E-state index in [1.165, 1.54) is 5.56 Å². The molecule has 0 spiro atoms. The van der Waals surface area contributed by atoms with Gasteiger partial charge in [-0.15, -0.1) is 0 Å². The van der Waals surface area contributed by atoms with E-state index in [2.05, 4.69) is 22.9 Å². The fourth-order valence-corrected chi connectivity index (χ4v) is 3.52. The summed E-state index contributed by atoms with van der Waals surface area (Å²) in [6.45, 7) is 0. The summed E-state index contributed by atoms with van der Waals surface area (Å²) in [6.07, 6.45) is 2.80. The monoisotopic (exact) mass is 367 g/mol. The third kappa shape index (κ3) is 4.40. The van der Waals surface area contributed by atoms with E-state index < -0.39 is 10.0 Å². The number of nitrogens with two attached hydrogens (primary N) is 1. The van der Waals surface area contributed by atoms with E-state index in [4.69, 9.17) is 11.1 Å². The van der Waals surface area contributed by atoms with Gasteiger partial charge < -0.3 is 5.73 Å². The van der Waals surface area contributed by atoms with E-state index in [9.17, 15) is 8.42 Å². The van der Waals surface area contributed by atoms with Crippen LogP contribution in [0.25, 0.3) is 10.8 Å². The molecule has 0 heterocycles. The smallest absolute Gasteiger partial charge is 0.229 e. The van der Waals surface area contributed by atoms with Crippen molar-refractivity contribution >= 4 is 32.3 Å². The van der Waals surface area contributed by atoms with Crippen molar-refractivity contribution in [2.24, 2.45) is 5.73 Å². The van der Waals surface area contributed by atoms with Gasteiger partial charge >= 0.3 is 0 Å². The number of hydrogen-bond donors (Lipinski definition) is 3. The van der Waals surface area contributed by atoms with Gasteiger partial charge in [0, 0.05) is 10.9 Å². The van der Waals surface area contributed by atoms with Crippen LogP contribution in [0.15, 0.2) is 60.7 Å². The van der Waals surface area contributed by atoms with Gasteiger partial charge in [-0.05, 0) is 41.5 Å². The molecule has 0 bridgehead atoms. The summed E-state index contributed by atoms with van der Waals surface area (Å²) in [7, 11) is -3.42. The second-order valence-electron chi connectivity index (χ2n) is 6.35. The molecular formula is C20H21N3O2S. The van der Waals surface area contributed by atoms with Gasteiger partial charge in [-0.1, -0.05) is 48.5 Å². The normalized spacial score (nSPS) is 11.4. The highest BCUT2D eigenvalue weighted by Gasteiger charge is 2.10. The molecule has 0 fully saturated rings. The highest BCUT2D eigenvalue weighted by Crippen LogP contribution is 2.28. The molecule has 4 N–H and O–H groups in total. The average Bonchev–Trinajstić information content (AvgIpc) is 2.59. The Morgan fingerprint density at radius 1 is 1.00 bits per heavy atom. The number of amidine groups is 1. The van der Waals surface area contributed by atoms with Gasteiger partial charge in [-0.3, -0.25) is 10.1 Å². The van der Waals surface area contributed by atoms with Gasteiger partial charge in [0.1, 0.15) is 5.84 Å². The van der Waals surface area contributed by atoms with E-state index in [0.29, 0.717) is 11.3 Å². The van der Waals surface area contributed by atoms with E-state index in [1.54, 1.807) is 12.1 Å². The zero-order valence-corrected chi connectivity index (χ0v) is 15.3. The van der Waals surface area contributed by atoms with Crippen LogP contribution in [0.3, 0.4) is 0 Å². The van der Waals surface area contributed by atoms with Crippen LogP contribution < -0.4 is 10.5 Å². The minimum absolute atomic E-state index is 0.0506. The first-order valence-corrected chi connectivity index (χ1v) is 10.1. The Bertz CT molecular complexity index is 1060.